The van der Waals surface area contributed by atoms with Gasteiger partial charge in [0.2, 0.25) is 23.6 Å². The maximum atomic E-state index is 13.7. The SMILES string of the molecule is CC(C)(C)OC(=O)N1CC(n2cc(C#N)c3cc(F)ccc32)C1.CC(C)(C)OC(=O)N1CC(n2ccc3cc(F)ccc32)C1.COCc1nnc(N2CC(n3cc(C#N)c4cc(F)ccc43)C2)n1-c1ccc(OC)nc1.COc1ccc(N=C(SC)N2CC(n3cc(C#N)c4cc(F)ccc43)C2)cn1.COc1ccc(NC(=S)N2CC(n3cc(C#N)c4cc(F)ccc43)C2)cn1.Cl.N#Cc1cn(C2CNC2)c2ccc(F)cc12. The number of halogens is 7. The molecular weight excluding hydrogens is 1960 g/mol. The van der Waals surface area contributed by atoms with Crippen LogP contribution in [0, 0.1) is 91.6 Å². The number of nitrogens with one attached hydrogen (secondary N) is 2. The maximum Gasteiger partial charge on any atom is 0.410 e. The van der Waals surface area contributed by atoms with E-state index >= 15 is 0 Å². The van der Waals surface area contributed by atoms with Gasteiger partial charge in [-0.3, -0.25) is 4.57 Å². The van der Waals surface area contributed by atoms with Crippen molar-refractivity contribution in [1.29, 1.82) is 26.3 Å². The summed E-state index contributed by atoms with van der Waals surface area (Å²) >= 11 is 7.04. The summed E-state index contributed by atoms with van der Waals surface area (Å²) in [7, 11) is 6.32. The van der Waals surface area contributed by atoms with Crippen molar-refractivity contribution in [1.82, 2.24) is 82.0 Å². The van der Waals surface area contributed by atoms with Gasteiger partial charge in [-0.2, -0.15) is 26.3 Å². The second kappa shape index (κ2) is 44.7. The first kappa shape index (κ1) is 104. The van der Waals surface area contributed by atoms with Crippen molar-refractivity contribution in [3.63, 3.8) is 0 Å². The number of thiocarbonyl (C=S) groups is 1. The molecule has 6 saturated heterocycles. The number of carbonyl (C=O) groups is 2. The summed E-state index contributed by atoms with van der Waals surface area (Å²) in [6, 6.07) is 52.1. The van der Waals surface area contributed by atoms with Crippen LogP contribution in [-0.4, -0.2) is 224 Å². The minimum absolute atomic E-state index is 0. The van der Waals surface area contributed by atoms with Crippen LogP contribution in [0.15, 0.2) is 212 Å². The zero-order valence-electron chi connectivity index (χ0n) is 82.3. The maximum absolute atomic E-state index is 13.7. The fraction of sp³-hybridized carbons (Fsp3) is 0.302. The van der Waals surface area contributed by atoms with Gasteiger partial charge in [-0.1, -0.05) is 11.8 Å². The third-order valence-electron chi connectivity index (χ3n) is 25.5. The third-order valence-corrected chi connectivity index (χ3v) is 26.6. The summed E-state index contributed by atoms with van der Waals surface area (Å²) in [4.78, 5) is 50.8. The van der Waals surface area contributed by atoms with Gasteiger partial charge in [0, 0.05) is 206 Å². The molecule has 0 unspecified atom stereocenters. The lowest BCUT2D eigenvalue weighted by molar-refractivity contribution is 0.000757. The molecule has 6 aromatic carbocycles. The number of aliphatic imine (C=N–C) groups is 1. The van der Waals surface area contributed by atoms with E-state index in [0.29, 0.717) is 154 Å². The van der Waals surface area contributed by atoms with Gasteiger partial charge in [0.15, 0.2) is 16.1 Å². The highest BCUT2D eigenvalue weighted by Gasteiger charge is 2.40. The van der Waals surface area contributed by atoms with Crippen LogP contribution in [0.5, 0.6) is 17.6 Å². The van der Waals surface area contributed by atoms with E-state index in [1.54, 1.807) is 142 Å². The molecule has 0 saturated carbocycles. The monoisotopic (exact) mass is 2070 g/mol. The minimum Gasteiger partial charge on any atom is -0.481 e. The van der Waals surface area contributed by atoms with Gasteiger partial charge in [-0.15, -0.1) is 22.6 Å². The largest absolute Gasteiger partial charge is 0.481 e. The summed E-state index contributed by atoms with van der Waals surface area (Å²) in [5.74, 6) is 1.03. The number of amides is 2. The van der Waals surface area contributed by atoms with Gasteiger partial charge >= 0.3 is 12.2 Å². The molecule has 33 nitrogen and oxygen atoms in total. The van der Waals surface area contributed by atoms with Crippen molar-refractivity contribution in [3.8, 4) is 53.7 Å². The lowest BCUT2D eigenvalue weighted by Gasteiger charge is -2.42. The summed E-state index contributed by atoms with van der Waals surface area (Å²) in [6.45, 7) is 19.7. The Morgan fingerprint density at radius 3 is 1.16 bits per heavy atom. The number of rotatable bonds is 15. The van der Waals surface area contributed by atoms with Gasteiger partial charge in [0.1, 0.15) is 83.1 Å². The van der Waals surface area contributed by atoms with Crippen LogP contribution >= 0.6 is 36.4 Å². The molecule has 0 atom stereocenters. The number of nitriles is 5. The molecule has 2 amide bonds. The van der Waals surface area contributed by atoms with Crippen LogP contribution in [0.2, 0.25) is 0 Å². The molecule has 0 radical (unpaired) electrons. The third kappa shape index (κ3) is 22.8. The second-order valence-electron chi connectivity index (χ2n) is 37.5. The molecule has 6 aliphatic rings. The van der Waals surface area contributed by atoms with E-state index in [9.17, 15) is 57.0 Å². The van der Waals surface area contributed by atoms with E-state index in [4.69, 9.17) is 45.9 Å². The van der Waals surface area contributed by atoms with E-state index in [1.807, 2.05) is 114 Å². The lowest BCUT2D eigenvalue weighted by atomic mass is 10.1. The van der Waals surface area contributed by atoms with Gasteiger partial charge in [-0.25, -0.2) is 55.9 Å². The molecule has 6 fully saturated rings. The molecule has 0 bridgehead atoms. The predicted octanol–water partition coefficient (Wildman–Crippen LogP) is 19.4. The molecule has 16 aromatic rings. The standard InChI is InChI=1S/C22H20FN7O2.C20H18FN5OS.C19H16FN5OS.C17H18FN3O2.C16H19FN2O2.C12H10FN3.ClH/c1-31-13-20-26-27-22(30(20)16-4-6-21(32-2)25-9-16)28-11-17(12-28)29-10-14(8-24)18-7-15(23)3-5-19(18)29;1-27-19-6-4-15(9-23-19)24-20(28-2)25-11-16(12-25)26-10-13(8-22)17-7-14(21)3-5-18(17)26;1-26-18-5-3-14(8-22-18)23-19(27)24-10-15(11-24)25-9-12(7-21)16-6-13(20)2-4-17(16)25;1-17(2,3)23-16(22)20-9-13(10-20)21-8-11(7-19)14-6-12(18)4-5-15(14)21;1-16(2,3)21-15(20)18-9-13(10-18)19-7-6-11-8-12(17)4-5-14(11)19;13-9-1-2-12-11(3-9)8(4-14)7-16(12)10-5-15-6-10;/h3-7,9-10,17H,11-13H2,1-2H3;3-7,9-10,16H,11-12H2,1-2H3;2-6,8-9,15H,10-11H2,1H3,(H,23,27);4-6,8,13H,9-10H2,1-3H3;4-8,13H,9-10H2,1-3H3;1-3,7,10,15H,5-6H2;1H. The minimum atomic E-state index is -0.520. The first-order valence-corrected chi connectivity index (χ1v) is 48.4. The molecule has 0 spiro atoms. The molecule has 42 heteroatoms. The topological polar surface area (TPSA) is 360 Å². The summed E-state index contributed by atoms with van der Waals surface area (Å²) < 4.78 is 126. The molecular formula is C106H102ClF6N25O8S2. The van der Waals surface area contributed by atoms with E-state index in [0.717, 1.165) is 86.9 Å². The fourth-order valence-corrected chi connectivity index (χ4v) is 18.8. The number of pyridine rings is 3. The van der Waals surface area contributed by atoms with Crippen molar-refractivity contribution in [2.24, 2.45) is 4.99 Å². The Labute approximate surface area is 862 Å². The number of amidine groups is 1. The number of hydrogen-bond donors (Lipinski definition) is 2. The Bertz CT molecular complexity index is 7880. The molecule has 16 heterocycles. The fourth-order valence-electron chi connectivity index (χ4n) is 17.9. The van der Waals surface area contributed by atoms with Crippen LogP contribution in [-0.2, 0) is 20.8 Å². The van der Waals surface area contributed by atoms with Crippen molar-refractivity contribution in [2.75, 3.05) is 123 Å². The number of methoxy groups -OCH3 is 4. The predicted molar refractivity (Wildman–Crippen MR) is 555 cm³/mol. The highest BCUT2D eigenvalue weighted by atomic mass is 35.5. The summed E-state index contributed by atoms with van der Waals surface area (Å²) in [5.41, 5.74) is 9.09. The molecule has 760 valence electrons. The van der Waals surface area contributed by atoms with Crippen molar-refractivity contribution in [3.05, 3.63) is 276 Å². The van der Waals surface area contributed by atoms with Crippen LogP contribution in [0.1, 0.15) is 111 Å². The second-order valence-corrected chi connectivity index (χ2v) is 38.7. The van der Waals surface area contributed by atoms with E-state index in [-0.39, 0.29) is 89.7 Å². The number of ether oxygens (including phenoxy) is 6. The highest BCUT2D eigenvalue weighted by molar-refractivity contribution is 8.13. The Balaban J connectivity index is 0.000000128. The highest BCUT2D eigenvalue weighted by Crippen LogP contribution is 2.40. The van der Waals surface area contributed by atoms with E-state index in [1.165, 1.54) is 72.8 Å². The normalized spacial score (nSPS) is 14.7. The Morgan fingerprint density at radius 1 is 0.446 bits per heavy atom. The Kier molecular flexibility index (Phi) is 31.6. The van der Waals surface area contributed by atoms with Gasteiger partial charge in [-0.05, 0) is 193 Å². The van der Waals surface area contributed by atoms with Crippen molar-refractivity contribution >= 4 is 142 Å². The Hall–Kier alpha value is -16.4. The van der Waals surface area contributed by atoms with Crippen LogP contribution in [0.4, 0.5) is 53.3 Å². The lowest BCUT2D eigenvalue weighted by Crippen LogP contribution is -2.52. The van der Waals surface area contributed by atoms with Crippen LogP contribution in [0.3, 0.4) is 0 Å². The number of fused-ring (bicyclic) bond motifs is 6. The van der Waals surface area contributed by atoms with E-state index < -0.39 is 11.2 Å². The van der Waals surface area contributed by atoms with Gasteiger partial charge in [0.05, 0.1) is 121 Å². The van der Waals surface area contributed by atoms with Gasteiger partial charge < -0.3 is 91.0 Å². The average Bonchev–Trinajstić information content (AvgIpc) is 1.65. The molecule has 10 aromatic heterocycles. The zero-order chi connectivity index (χ0) is 104. The smallest absolute Gasteiger partial charge is 0.410 e. The van der Waals surface area contributed by atoms with E-state index in [2.05, 4.69) is 94.6 Å². The number of aromatic nitrogens is 12. The number of anilines is 2. The quantitative estimate of drug-likeness (QED) is 0.0416. The summed E-state index contributed by atoms with van der Waals surface area (Å²) in [6.07, 6.45) is 17.3. The van der Waals surface area contributed by atoms with Crippen LogP contribution < -0.4 is 29.7 Å². The first-order chi connectivity index (χ1) is 70.7. The molecule has 2 N–H and O–H groups in total. The molecule has 148 heavy (non-hydrogen) atoms. The molecule has 6 aliphatic heterocycles. The average molecular weight is 2070 g/mol. The molecule has 22 rings (SSSR count). The zero-order valence-corrected chi connectivity index (χ0v) is 84.8. The number of hydrogen-bond acceptors (Lipinski definition) is 23. The summed E-state index contributed by atoms with van der Waals surface area (Å²) in [5, 5.41) is 67.0. The molecule has 0 aliphatic carbocycles. The number of benzene rings is 6. The van der Waals surface area contributed by atoms with Gasteiger partial charge in [0.25, 0.3) is 0 Å². The Morgan fingerprint density at radius 2 is 0.811 bits per heavy atom. The number of likely N-dealkylation sites (tertiary alicyclic amines) is 4. The van der Waals surface area contributed by atoms with Crippen molar-refractivity contribution in [2.45, 2.75) is 95.6 Å². The number of nitrogens with zero attached hydrogens (tertiary/aromatic N) is 23. The first-order valence-electron chi connectivity index (χ1n) is 46.8. The van der Waals surface area contributed by atoms with Crippen molar-refractivity contribution < 1.29 is 64.4 Å². The number of thioether (sulfide) groups is 1. The number of carbonyl (C=O) groups excluding carboxylic acids is 2. The van der Waals surface area contributed by atoms with Crippen LogP contribution in [0.25, 0.3) is 71.1 Å².